The number of aromatic amines is 1. The van der Waals surface area contributed by atoms with Gasteiger partial charge in [-0.25, -0.2) is 0 Å². The van der Waals surface area contributed by atoms with E-state index in [0.29, 0.717) is 29.7 Å². The number of methoxy groups -OCH3 is 4. The summed E-state index contributed by atoms with van der Waals surface area (Å²) < 4.78 is 21.8. The largest absolute Gasteiger partial charge is 0.497 e. The van der Waals surface area contributed by atoms with Crippen molar-refractivity contribution in [1.29, 1.82) is 0 Å². The molecule has 4 aromatic rings. The van der Waals surface area contributed by atoms with Gasteiger partial charge < -0.3 is 34.1 Å². The molecule has 0 bridgehead atoms. The third kappa shape index (κ3) is 5.66. The van der Waals surface area contributed by atoms with Crippen molar-refractivity contribution >= 4 is 33.9 Å². The summed E-state index contributed by atoms with van der Waals surface area (Å²) in [6.45, 7) is 1.28. The van der Waals surface area contributed by atoms with Crippen LogP contribution in [0.3, 0.4) is 0 Å². The molecule has 0 saturated carbocycles. The third-order valence-electron chi connectivity index (χ3n) is 6.08. The zero-order valence-electron chi connectivity index (χ0n) is 21.0. The van der Waals surface area contributed by atoms with E-state index in [0.717, 1.165) is 40.1 Å². The highest BCUT2D eigenvalue weighted by atomic mass is 32.1. The first-order valence-electron chi connectivity index (χ1n) is 11.6. The maximum absolute atomic E-state index is 5.88. The number of para-hydroxylation sites is 2. The first-order chi connectivity index (χ1) is 17.6. The average molecular weight is 506 g/mol. The molecule has 0 aliphatic rings. The van der Waals surface area contributed by atoms with Gasteiger partial charge >= 0.3 is 0 Å². The van der Waals surface area contributed by atoms with E-state index in [-0.39, 0.29) is 0 Å². The van der Waals surface area contributed by atoms with E-state index in [2.05, 4.69) is 27.5 Å². The first kappa shape index (κ1) is 25.2. The van der Waals surface area contributed by atoms with Gasteiger partial charge in [0.25, 0.3) is 0 Å². The fraction of sp³-hybridized carbons (Fsp3) is 0.250. The van der Waals surface area contributed by atoms with Crippen LogP contribution in [-0.2, 0) is 13.0 Å². The molecule has 188 valence electrons. The van der Waals surface area contributed by atoms with Crippen molar-refractivity contribution in [2.45, 2.75) is 13.0 Å². The summed E-state index contributed by atoms with van der Waals surface area (Å²) in [6, 6.07) is 19.7. The predicted molar refractivity (Wildman–Crippen MR) is 148 cm³/mol. The minimum absolute atomic E-state index is 0.590. The van der Waals surface area contributed by atoms with Crippen LogP contribution >= 0.6 is 12.2 Å². The molecule has 3 aromatic carbocycles. The Balaban J connectivity index is 1.59. The minimum Gasteiger partial charge on any atom is -0.497 e. The molecule has 0 radical (unpaired) electrons. The van der Waals surface area contributed by atoms with Gasteiger partial charge in [0.2, 0.25) is 0 Å². The lowest BCUT2D eigenvalue weighted by Crippen LogP contribution is -2.36. The van der Waals surface area contributed by atoms with E-state index in [1.54, 1.807) is 28.4 Å². The monoisotopic (exact) mass is 505 g/mol. The summed E-state index contributed by atoms with van der Waals surface area (Å²) in [5.41, 5.74) is 4.14. The molecule has 36 heavy (non-hydrogen) atoms. The number of ether oxygens (including phenoxy) is 4. The molecule has 0 saturated heterocycles. The summed E-state index contributed by atoms with van der Waals surface area (Å²) in [5.74, 6) is 2.94. The number of fused-ring (bicyclic) bond motifs is 1. The Morgan fingerprint density at radius 1 is 0.861 bits per heavy atom. The Labute approximate surface area is 216 Å². The van der Waals surface area contributed by atoms with E-state index < -0.39 is 0 Å². The first-order valence-corrected chi connectivity index (χ1v) is 12.0. The molecule has 0 aliphatic heterocycles. The molecule has 4 rings (SSSR count). The van der Waals surface area contributed by atoms with Gasteiger partial charge in [-0.3, -0.25) is 0 Å². The van der Waals surface area contributed by atoms with E-state index >= 15 is 0 Å². The highest BCUT2D eigenvalue weighted by Crippen LogP contribution is 2.29. The van der Waals surface area contributed by atoms with Crippen molar-refractivity contribution in [3.05, 3.63) is 78.0 Å². The molecule has 2 N–H and O–H groups in total. The predicted octanol–water partition coefficient (Wildman–Crippen LogP) is 5.64. The van der Waals surface area contributed by atoms with Gasteiger partial charge in [0.1, 0.15) is 11.5 Å². The molecule has 0 atom stereocenters. The molecular formula is C28H31N3O4S. The second-order valence-corrected chi connectivity index (χ2v) is 8.60. The SMILES string of the molecule is COc1ccc2[nH]cc(CCN(Cc3ccc(OC)c(OC)c3)C(=S)Nc3ccccc3OC)c2c1. The summed E-state index contributed by atoms with van der Waals surface area (Å²) >= 11 is 5.88. The molecule has 0 unspecified atom stereocenters. The van der Waals surface area contributed by atoms with E-state index in [1.807, 2.05) is 54.6 Å². The van der Waals surface area contributed by atoms with Crippen LogP contribution in [0.2, 0.25) is 0 Å². The van der Waals surface area contributed by atoms with Crippen molar-refractivity contribution in [3.8, 4) is 23.0 Å². The molecule has 0 spiro atoms. The molecule has 8 heteroatoms. The fourth-order valence-electron chi connectivity index (χ4n) is 4.14. The van der Waals surface area contributed by atoms with Gasteiger partial charge in [-0.15, -0.1) is 0 Å². The number of thiocarbonyl (C=S) groups is 1. The number of hydrogen-bond donors (Lipinski definition) is 2. The quantitative estimate of drug-likeness (QED) is 0.270. The highest BCUT2D eigenvalue weighted by molar-refractivity contribution is 7.80. The fourth-order valence-corrected chi connectivity index (χ4v) is 4.41. The Morgan fingerprint density at radius 2 is 1.64 bits per heavy atom. The van der Waals surface area contributed by atoms with Crippen molar-refractivity contribution in [2.24, 2.45) is 0 Å². The molecule has 0 amide bonds. The van der Waals surface area contributed by atoms with Crippen LogP contribution in [-0.4, -0.2) is 50.0 Å². The number of H-pyrrole nitrogens is 1. The van der Waals surface area contributed by atoms with Gasteiger partial charge in [0.05, 0.1) is 34.1 Å². The van der Waals surface area contributed by atoms with Crippen LogP contribution in [0.1, 0.15) is 11.1 Å². The number of anilines is 1. The van der Waals surface area contributed by atoms with Crippen molar-refractivity contribution in [2.75, 3.05) is 40.3 Å². The average Bonchev–Trinajstić information content (AvgIpc) is 3.33. The number of nitrogens with one attached hydrogen (secondary N) is 2. The summed E-state index contributed by atoms with van der Waals surface area (Å²) in [6.07, 6.45) is 2.84. The second-order valence-electron chi connectivity index (χ2n) is 8.22. The van der Waals surface area contributed by atoms with Crippen molar-refractivity contribution in [1.82, 2.24) is 9.88 Å². The second kappa shape index (κ2) is 11.7. The number of hydrogen-bond acceptors (Lipinski definition) is 5. The van der Waals surface area contributed by atoms with Gasteiger partial charge in [-0.2, -0.15) is 0 Å². The van der Waals surface area contributed by atoms with Crippen LogP contribution in [0.5, 0.6) is 23.0 Å². The van der Waals surface area contributed by atoms with Crippen LogP contribution < -0.4 is 24.3 Å². The molecule has 0 aliphatic carbocycles. The van der Waals surface area contributed by atoms with E-state index in [1.165, 1.54) is 5.56 Å². The van der Waals surface area contributed by atoms with Crippen LogP contribution in [0, 0.1) is 0 Å². The maximum Gasteiger partial charge on any atom is 0.173 e. The zero-order chi connectivity index (χ0) is 25.5. The van der Waals surface area contributed by atoms with Gasteiger partial charge in [-0.05, 0) is 72.2 Å². The summed E-state index contributed by atoms with van der Waals surface area (Å²) in [5, 5.41) is 5.11. The Kier molecular flexibility index (Phi) is 8.17. The van der Waals surface area contributed by atoms with Gasteiger partial charge in [0.15, 0.2) is 16.6 Å². The smallest absolute Gasteiger partial charge is 0.173 e. The highest BCUT2D eigenvalue weighted by Gasteiger charge is 2.16. The standard InChI is InChI=1S/C28H31N3O4S/c1-32-21-10-11-23-22(16-21)20(17-29-23)13-14-31(18-19-9-12-26(34-3)27(15-19)35-4)28(36)30-24-7-5-6-8-25(24)33-2/h5-12,15-17,29H,13-14,18H2,1-4H3,(H,30,36). The van der Waals surface area contributed by atoms with Crippen molar-refractivity contribution < 1.29 is 18.9 Å². The Bertz CT molecular complexity index is 1340. The number of benzene rings is 3. The van der Waals surface area contributed by atoms with Crippen molar-refractivity contribution in [3.63, 3.8) is 0 Å². The summed E-state index contributed by atoms with van der Waals surface area (Å²) in [7, 11) is 6.60. The van der Waals surface area contributed by atoms with E-state index in [9.17, 15) is 0 Å². The lowest BCUT2D eigenvalue weighted by atomic mass is 10.1. The van der Waals surface area contributed by atoms with Crippen LogP contribution in [0.15, 0.2) is 66.9 Å². The normalized spacial score (nSPS) is 10.7. The molecule has 7 nitrogen and oxygen atoms in total. The molecule has 1 aromatic heterocycles. The number of aromatic nitrogens is 1. The molecule has 1 heterocycles. The molecular weight excluding hydrogens is 474 g/mol. The lowest BCUT2D eigenvalue weighted by Gasteiger charge is -2.27. The third-order valence-corrected chi connectivity index (χ3v) is 6.44. The molecule has 0 fully saturated rings. The van der Waals surface area contributed by atoms with Crippen LogP contribution in [0.25, 0.3) is 10.9 Å². The maximum atomic E-state index is 5.88. The minimum atomic E-state index is 0.590. The van der Waals surface area contributed by atoms with E-state index in [4.69, 9.17) is 31.2 Å². The Morgan fingerprint density at radius 3 is 2.39 bits per heavy atom. The number of nitrogens with zero attached hydrogens (tertiary/aromatic N) is 1. The summed E-state index contributed by atoms with van der Waals surface area (Å²) in [4.78, 5) is 5.50. The topological polar surface area (TPSA) is 68.0 Å². The number of rotatable bonds is 10. The van der Waals surface area contributed by atoms with Gasteiger partial charge in [-0.1, -0.05) is 18.2 Å². The zero-order valence-corrected chi connectivity index (χ0v) is 21.8. The van der Waals surface area contributed by atoms with Crippen LogP contribution in [0.4, 0.5) is 5.69 Å². The lowest BCUT2D eigenvalue weighted by molar-refractivity contribution is 0.353. The Hall–Kier alpha value is -3.91. The van der Waals surface area contributed by atoms with Gasteiger partial charge in [0, 0.05) is 30.2 Å².